The predicted octanol–water partition coefficient (Wildman–Crippen LogP) is 16.0. The third-order valence-corrected chi connectivity index (χ3v) is 20.1. The monoisotopic (exact) mass is 1520 g/mol. The van der Waals surface area contributed by atoms with Crippen molar-refractivity contribution < 1.29 is 60.4 Å². The summed E-state index contributed by atoms with van der Waals surface area (Å²) in [6.45, 7) is 12.4. The molecule has 0 bridgehead atoms. The minimum Gasteiger partial charge on any atom is -0.507 e. The fourth-order valence-corrected chi connectivity index (χ4v) is 15.0. The fraction of sp³-hybridized carbons (Fsp3) is 0.133. The van der Waals surface area contributed by atoms with Gasteiger partial charge in [-0.3, -0.25) is 30.9 Å². The van der Waals surface area contributed by atoms with Gasteiger partial charge in [-0.1, -0.05) is 228 Å². The number of hydrogen-bond acceptors (Lipinski definition) is 19. The lowest BCUT2D eigenvalue weighted by molar-refractivity contribution is -0.114. The summed E-state index contributed by atoms with van der Waals surface area (Å²) in [6, 6.07) is 71.3. The largest absolute Gasteiger partial charge is 0.507 e. The summed E-state index contributed by atoms with van der Waals surface area (Å²) >= 11 is 0. The molecule has 24 nitrogen and oxygen atoms in total. The molecule has 0 saturated carbocycles. The molecule has 13 aromatic rings. The Balaban J connectivity index is 0.000000242. The third kappa shape index (κ3) is 14.8. The highest BCUT2D eigenvalue weighted by molar-refractivity contribution is 6.55. The Morgan fingerprint density at radius 3 is 1.12 bits per heavy atom. The summed E-state index contributed by atoms with van der Waals surface area (Å²) in [5.74, 6) is 2.91. The quantitative estimate of drug-likeness (QED) is 0.0107. The van der Waals surface area contributed by atoms with Crippen LogP contribution in [0.15, 0.2) is 256 Å². The number of aryl methyl sites for hydroxylation is 2. The van der Waals surface area contributed by atoms with Gasteiger partial charge in [0.1, 0.15) is 11.5 Å². The number of anilines is 3. The Morgan fingerprint density at radius 1 is 0.404 bits per heavy atom. The number of hydrogen-bond donors (Lipinski definition) is 10. The van der Waals surface area contributed by atoms with Crippen molar-refractivity contribution >= 4 is 103 Å². The molecule has 1 aromatic heterocycles. The molecule has 3 aliphatic rings. The number of hydrazine groups is 1. The number of para-hydroxylation sites is 4. The third-order valence-electron chi connectivity index (χ3n) is 20.1. The van der Waals surface area contributed by atoms with Crippen LogP contribution in [0, 0.1) is 19.4 Å². The molecular formula is C90H82N12O12. The maximum absolute atomic E-state index is 14.0. The maximum Gasteiger partial charge on any atom is 0.299 e. The van der Waals surface area contributed by atoms with E-state index in [2.05, 4.69) is 37.2 Å². The number of ketones is 1. The van der Waals surface area contributed by atoms with Crippen molar-refractivity contribution in [2.45, 2.75) is 79.6 Å². The maximum atomic E-state index is 14.0. The number of Topliss-reactive ketones (excluding diaryl/α,β-unsaturated/α-hetero) is 1. The number of benzene rings is 12. The molecule has 0 atom stereocenters. The molecule has 0 saturated heterocycles. The zero-order chi connectivity index (χ0) is 80.1. The van der Waals surface area contributed by atoms with Gasteiger partial charge >= 0.3 is 0 Å². The molecular weight excluding hydrogens is 1440 g/mol. The average molecular weight is 1520 g/mol. The van der Waals surface area contributed by atoms with Crippen LogP contribution in [0.2, 0.25) is 0 Å². The average Bonchev–Trinajstić information content (AvgIpc) is 1.07. The summed E-state index contributed by atoms with van der Waals surface area (Å²) in [5, 5.41) is 105. The van der Waals surface area contributed by atoms with Gasteiger partial charge in [0.15, 0.2) is 40.1 Å². The van der Waals surface area contributed by atoms with E-state index in [0.717, 1.165) is 33.2 Å². The molecule has 14 N–H and O–H groups in total. The molecule has 0 fully saturated rings. The highest BCUT2D eigenvalue weighted by Crippen LogP contribution is 2.55. The van der Waals surface area contributed by atoms with E-state index >= 15 is 0 Å². The first-order valence-corrected chi connectivity index (χ1v) is 36.3. The molecule has 3 aliphatic heterocycles. The van der Waals surface area contributed by atoms with Crippen molar-refractivity contribution in [1.29, 1.82) is 5.53 Å². The van der Waals surface area contributed by atoms with Crippen molar-refractivity contribution in [3.05, 3.63) is 303 Å². The van der Waals surface area contributed by atoms with Crippen LogP contribution in [0.4, 0.5) is 22.7 Å². The van der Waals surface area contributed by atoms with E-state index in [4.69, 9.17) is 5.53 Å². The fourth-order valence-electron chi connectivity index (χ4n) is 15.0. The molecule has 3 amide bonds. The van der Waals surface area contributed by atoms with E-state index in [1.54, 1.807) is 82.8 Å². The minimum absolute atomic E-state index is 0. The summed E-state index contributed by atoms with van der Waals surface area (Å²) in [5.41, 5.74) is 17.8. The van der Waals surface area contributed by atoms with Gasteiger partial charge in [-0.25, -0.2) is 5.53 Å². The molecule has 12 aromatic carbocycles. The van der Waals surface area contributed by atoms with Gasteiger partial charge in [-0.2, -0.15) is 15.3 Å². The molecule has 0 spiro atoms. The van der Waals surface area contributed by atoms with E-state index < -0.39 is 34.7 Å². The van der Waals surface area contributed by atoms with Crippen LogP contribution in [0.3, 0.4) is 0 Å². The van der Waals surface area contributed by atoms with Gasteiger partial charge < -0.3 is 60.5 Å². The number of amides is 3. The van der Waals surface area contributed by atoms with E-state index in [-0.39, 0.29) is 91.0 Å². The second-order valence-electron chi connectivity index (χ2n) is 27.8. The number of aromatic hydroxyl groups is 7. The number of nitrogens with zero attached hydrogens (tertiary/aromatic N) is 9. The second-order valence-corrected chi connectivity index (χ2v) is 27.8. The number of carbonyl (C=O) groups is 4. The summed E-state index contributed by atoms with van der Waals surface area (Å²) < 4.78 is 1.78. The predicted molar refractivity (Wildman–Crippen MR) is 445 cm³/mol. The lowest BCUT2D eigenvalue weighted by atomic mass is 9.83. The topological polar surface area (TPSA) is 394 Å². The molecule has 4 heterocycles. The van der Waals surface area contributed by atoms with Gasteiger partial charge in [0.2, 0.25) is 5.88 Å². The Morgan fingerprint density at radius 2 is 0.737 bits per heavy atom. The lowest BCUT2D eigenvalue weighted by Crippen LogP contribution is -2.29. The minimum atomic E-state index is -0.591. The SMILES string of the molecule is Cc1cc2c(C(C)C)c(O)c(O)c(/C=N/N=C3\C(=O)N(Cc4ccccc4)c4ccccc43)c2c(O)c1-c1c(C)cc2c(C(C)C)c(O)c(O)c(/C=N/N=C3/C(=O)N(Cc4ccccc4)c4ccccc43)c2c1O.N=Nc1c(O)n(Cc2ccccc2)c2ccccc12.NN.O.O=C1C(=O)N(Cc2ccccc2)c2ccccc21. The van der Waals surface area contributed by atoms with Gasteiger partial charge in [0.25, 0.3) is 23.5 Å². The number of carbonyl (C=O) groups excluding carboxylic acids is 4. The number of fused-ring (bicyclic) bond motifs is 6. The molecule has 114 heavy (non-hydrogen) atoms. The smallest absolute Gasteiger partial charge is 0.299 e. The molecule has 24 heteroatoms. The molecule has 0 unspecified atom stereocenters. The van der Waals surface area contributed by atoms with Crippen LogP contribution in [0.5, 0.6) is 40.4 Å². The van der Waals surface area contributed by atoms with E-state index in [1.807, 2.05) is 204 Å². The van der Waals surface area contributed by atoms with Crippen LogP contribution in [-0.4, -0.2) is 93.1 Å². The van der Waals surface area contributed by atoms with Crippen molar-refractivity contribution in [2.75, 3.05) is 14.7 Å². The number of nitrogens with one attached hydrogen (secondary N) is 1. The van der Waals surface area contributed by atoms with Gasteiger partial charge in [0, 0.05) is 49.5 Å². The Labute approximate surface area is 655 Å². The number of aromatic nitrogens is 1. The van der Waals surface area contributed by atoms with Crippen molar-refractivity contribution in [2.24, 2.45) is 37.2 Å². The number of rotatable bonds is 16. The molecule has 0 radical (unpaired) electrons. The zero-order valence-corrected chi connectivity index (χ0v) is 63.0. The van der Waals surface area contributed by atoms with Crippen LogP contribution in [0.25, 0.3) is 43.6 Å². The first-order chi connectivity index (χ1) is 54.7. The van der Waals surface area contributed by atoms with E-state index in [9.17, 15) is 54.9 Å². The van der Waals surface area contributed by atoms with Crippen LogP contribution in [-0.2, 0) is 40.6 Å². The van der Waals surface area contributed by atoms with Crippen LogP contribution >= 0.6 is 0 Å². The number of phenols is 6. The molecule has 16 rings (SSSR count). The van der Waals surface area contributed by atoms with Gasteiger partial charge in [-0.15, -0.1) is 10.2 Å². The van der Waals surface area contributed by atoms with Crippen LogP contribution < -0.4 is 26.4 Å². The number of nitrogens with two attached hydrogens (primary N) is 2. The highest BCUT2D eigenvalue weighted by atomic mass is 16.3. The zero-order valence-electron chi connectivity index (χ0n) is 63.0. The first-order valence-electron chi connectivity index (χ1n) is 36.3. The lowest BCUT2D eigenvalue weighted by Gasteiger charge is -2.23. The molecule has 574 valence electrons. The standard InChI is InChI=1S/C60H52N6O8.C15H13N3O.C15H11NO2.H4N2.H2O/c1-31(2)45-39-25-33(5)47(55(69)49(39)41(53(67)57(45)71)27-61-63-51-37-21-13-15-23-43(37)65(59(51)73)29-35-17-9-7-10-18-35)48-34(6)26-40-46(32(3)4)58(72)54(68)42(50(40)56(48)70)28-62-64-52-38-22-14-16-24-44(38)66(60(52)74)30-36-19-11-8-12-20-36;16-17-14-12-8-4-5-9-13(12)18(15(14)19)10-11-6-2-1-3-7-11;17-14-12-8-4-5-9-13(12)16(15(14)18)10-11-6-2-1-3-7-11;1-2;/h7-28,31-32,67-72H,29-30H2,1-6H3;1-9,16,19H,10H2;1-9H,10H2;1-2H2;1H2/b61-27+,62-28+,63-51-,64-52+;;;;. The van der Waals surface area contributed by atoms with Crippen molar-refractivity contribution in [3.8, 4) is 51.5 Å². The van der Waals surface area contributed by atoms with E-state index in [0.29, 0.717) is 98.6 Å². The number of phenolic OH excluding ortho intramolecular Hbond substituents is 6. The van der Waals surface area contributed by atoms with Crippen molar-refractivity contribution in [1.82, 2.24) is 4.57 Å². The summed E-state index contributed by atoms with van der Waals surface area (Å²) in [7, 11) is 0. The Bertz CT molecular complexity index is 5800. The van der Waals surface area contributed by atoms with E-state index in [1.165, 1.54) is 17.3 Å². The van der Waals surface area contributed by atoms with Crippen molar-refractivity contribution in [3.63, 3.8) is 0 Å². The normalized spacial score (nSPS) is 13.6. The summed E-state index contributed by atoms with van der Waals surface area (Å²) in [6.07, 6.45) is 2.35. The Hall–Kier alpha value is -14.5. The Kier molecular flexibility index (Phi) is 23.5. The highest BCUT2D eigenvalue weighted by Gasteiger charge is 2.38. The molecule has 0 aliphatic carbocycles. The van der Waals surface area contributed by atoms with Gasteiger partial charge in [-0.05, 0) is 100 Å². The first kappa shape index (κ1) is 79.1. The van der Waals surface area contributed by atoms with Crippen LogP contribution in [0.1, 0.15) is 117 Å². The summed E-state index contributed by atoms with van der Waals surface area (Å²) in [4.78, 5) is 56.5. The second kappa shape index (κ2) is 33.8. The van der Waals surface area contributed by atoms with Gasteiger partial charge in [0.05, 0.1) is 77.9 Å².